The van der Waals surface area contributed by atoms with E-state index in [4.69, 9.17) is 0 Å². The van der Waals surface area contributed by atoms with E-state index in [0.717, 1.165) is 37.7 Å². The van der Waals surface area contributed by atoms with Gasteiger partial charge in [-0.3, -0.25) is 13.9 Å². The summed E-state index contributed by atoms with van der Waals surface area (Å²) >= 11 is 0. The Morgan fingerprint density at radius 3 is 2.56 bits per heavy atom. The molecule has 0 unspecified atom stereocenters. The van der Waals surface area contributed by atoms with Crippen molar-refractivity contribution in [1.29, 1.82) is 0 Å². The maximum atomic E-state index is 13.0. The Morgan fingerprint density at radius 1 is 1.03 bits per heavy atom. The van der Waals surface area contributed by atoms with Crippen LogP contribution >= 0.6 is 0 Å². The summed E-state index contributed by atoms with van der Waals surface area (Å²) in [6.45, 7) is 0.830. The van der Waals surface area contributed by atoms with Gasteiger partial charge in [-0.1, -0.05) is 6.07 Å². The van der Waals surface area contributed by atoms with Gasteiger partial charge in [-0.2, -0.15) is 18.3 Å². The highest BCUT2D eigenvalue weighted by molar-refractivity contribution is 6.03. The number of benzene rings is 1. The average molecular weight is 440 g/mol. The molecule has 0 saturated carbocycles. The number of rotatable bonds is 4. The summed E-state index contributed by atoms with van der Waals surface area (Å²) in [6, 6.07) is 13.5. The molecule has 1 aliphatic rings. The number of halogens is 3. The number of anilines is 3. The molecule has 32 heavy (non-hydrogen) atoms. The first kappa shape index (κ1) is 20.1. The molecule has 0 saturated heterocycles. The Balaban J connectivity index is 1.30. The van der Waals surface area contributed by atoms with E-state index in [0.29, 0.717) is 22.9 Å². The van der Waals surface area contributed by atoms with E-state index < -0.39 is 11.9 Å². The third-order valence-corrected chi connectivity index (χ3v) is 5.35. The lowest BCUT2D eigenvalue weighted by atomic mass is 10.1. The lowest BCUT2D eigenvalue weighted by Crippen LogP contribution is -2.14. The molecule has 0 bridgehead atoms. The Morgan fingerprint density at radius 2 is 1.81 bits per heavy atom. The molecule has 0 radical (unpaired) electrons. The van der Waals surface area contributed by atoms with Gasteiger partial charge in [0.15, 0.2) is 11.4 Å². The second-order valence-corrected chi connectivity index (χ2v) is 7.62. The standard InChI is InChI=1S/C22H19F3N6O/c23-22(24,25)18-13-30-19(5-3-6-20(30)28-18)26-14-7-9-15(10-8-14)27-21(32)17-12-16-4-1-2-11-31(16)29-17/h3,5-10,12-13,26H,1-2,4,11H2,(H,27,32). The lowest BCUT2D eigenvalue weighted by Gasteiger charge is -2.11. The average Bonchev–Trinajstić information content (AvgIpc) is 3.40. The van der Waals surface area contributed by atoms with Crippen LogP contribution in [0.4, 0.5) is 30.4 Å². The maximum absolute atomic E-state index is 13.0. The number of amides is 1. The number of pyridine rings is 1. The van der Waals surface area contributed by atoms with Crippen LogP contribution in [-0.4, -0.2) is 25.1 Å². The van der Waals surface area contributed by atoms with E-state index in [9.17, 15) is 18.0 Å². The van der Waals surface area contributed by atoms with Gasteiger partial charge in [-0.05, 0) is 61.7 Å². The van der Waals surface area contributed by atoms with Crippen molar-refractivity contribution in [2.75, 3.05) is 10.6 Å². The van der Waals surface area contributed by atoms with E-state index in [2.05, 4.69) is 20.7 Å². The minimum Gasteiger partial charge on any atom is -0.341 e. The number of nitrogens with zero attached hydrogens (tertiary/aromatic N) is 4. The summed E-state index contributed by atoms with van der Waals surface area (Å²) < 4.78 is 42.2. The first-order valence-electron chi connectivity index (χ1n) is 10.2. The molecule has 1 amide bonds. The molecule has 0 spiro atoms. The van der Waals surface area contributed by atoms with Gasteiger partial charge in [0.1, 0.15) is 11.5 Å². The summed E-state index contributed by atoms with van der Waals surface area (Å²) in [5.74, 6) is 0.154. The molecule has 1 aliphatic heterocycles. The van der Waals surface area contributed by atoms with Gasteiger partial charge in [0.25, 0.3) is 5.91 Å². The molecule has 7 nitrogen and oxygen atoms in total. The van der Waals surface area contributed by atoms with Gasteiger partial charge in [-0.25, -0.2) is 4.98 Å². The minimum absolute atomic E-state index is 0.189. The highest BCUT2D eigenvalue weighted by Crippen LogP contribution is 2.30. The Bertz CT molecular complexity index is 1270. The van der Waals surface area contributed by atoms with Crippen molar-refractivity contribution in [2.24, 2.45) is 0 Å². The summed E-state index contributed by atoms with van der Waals surface area (Å²) in [6.07, 6.45) is -0.469. The molecule has 1 aromatic carbocycles. The number of alkyl halides is 3. The van der Waals surface area contributed by atoms with Gasteiger partial charge < -0.3 is 10.6 Å². The number of carbonyl (C=O) groups excluding carboxylic acids is 1. The van der Waals surface area contributed by atoms with Crippen molar-refractivity contribution in [3.8, 4) is 0 Å². The number of aromatic nitrogens is 4. The predicted octanol–water partition coefficient (Wildman–Crippen LogP) is 4.88. The van der Waals surface area contributed by atoms with Gasteiger partial charge in [0.2, 0.25) is 0 Å². The zero-order valence-corrected chi connectivity index (χ0v) is 16.9. The fourth-order valence-corrected chi connectivity index (χ4v) is 3.76. The maximum Gasteiger partial charge on any atom is 0.434 e. The van der Waals surface area contributed by atoms with Crippen molar-refractivity contribution in [3.05, 3.63) is 71.8 Å². The van der Waals surface area contributed by atoms with Gasteiger partial charge in [0.05, 0.1) is 0 Å². The summed E-state index contributed by atoms with van der Waals surface area (Å²) in [5, 5.41) is 10.3. The molecule has 0 atom stereocenters. The number of carbonyl (C=O) groups is 1. The predicted molar refractivity (Wildman–Crippen MR) is 113 cm³/mol. The van der Waals surface area contributed by atoms with E-state index in [1.165, 1.54) is 10.5 Å². The zero-order chi connectivity index (χ0) is 22.3. The van der Waals surface area contributed by atoms with Crippen LogP contribution in [0.5, 0.6) is 0 Å². The van der Waals surface area contributed by atoms with Gasteiger partial charge in [0, 0.05) is 29.8 Å². The number of aryl methyl sites for hydroxylation is 2. The molecule has 5 rings (SSSR count). The molecule has 4 heterocycles. The van der Waals surface area contributed by atoms with Crippen LogP contribution in [0, 0.1) is 0 Å². The quantitative estimate of drug-likeness (QED) is 0.474. The number of fused-ring (bicyclic) bond motifs is 2. The Kier molecular flexibility index (Phi) is 4.84. The van der Waals surface area contributed by atoms with Crippen LogP contribution in [0.3, 0.4) is 0 Å². The van der Waals surface area contributed by atoms with Crippen LogP contribution < -0.4 is 10.6 Å². The van der Waals surface area contributed by atoms with Crippen LogP contribution in [0.1, 0.15) is 34.7 Å². The third kappa shape index (κ3) is 3.91. The van der Waals surface area contributed by atoms with Crippen molar-refractivity contribution in [3.63, 3.8) is 0 Å². The van der Waals surface area contributed by atoms with Crippen molar-refractivity contribution >= 4 is 28.7 Å². The Hall–Kier alpha value is -3.82. The third-order valence-electron chi connectivity index (χ3n) is 5.35. The topological polar surface area (TPSA) is 76.2 Å². The van der Waals surface area contributed by atoms with E-state index in [1.807, 2.05) is 10.7 Å². The normalized spacial score (nSPS) is 13.7. The molecule has 10 heteroatoms. The summed E-state index contributed by atoms with van der Waals surface area (Å²) in [5.41, 5.74) is 1.93. The summed E-state index contributed by atoms with van der Waals surface area (Å²) in [4.78, 5) is 16.2. The molecule has 2 N–H and O–H groups in total. The first-order valence-corrected chi connectivity index (χ1v) is 10.2. The lowest BCUT2D eigenvalue weighted by molar-refractivity contribution is -0.140. The van der Waals surface area contributed by atoms with Gasteiger partial charge in [-0.15, -0.1) is 0 Å². The van der Waals surface area contributed by atoms with Crippen molar-refractivity contribution < 1.29 is 18.0 Å². The van der Waals surface area contributed by atoms with Crippen LogP contribution in [-0.2, 0) is 19.1 Å². The molecule has 3 aromatic heterocycles. The fourth-order valence-electron chi connectivity index (χ4n) is 3.76. The largest absolute Gasteiger partial charge is 0.434 e. The van der Waals surface area contributed by atoms with Gasteiger partial charge >= 0.3 is 6.18 Å². The second kappa shape index (κ2) is 7.70. The van der Waals surface area contributed by atoms with Crippen LogP contribution in [0.2, 0.25) is 0 Å². The van der Waals surface area contributed by atoms with E-state index >= 15 is 0 Å². The highest BCUT2D eigenvalue weighted by Gasteiger charge is 2.34. The highest BCUT2D eigenvalue weighted by atomic mass is 19.4. The molecule has 0 fully saturated rings. The molecule has 164 valence electrons. The van der Waals surface area contributed by atoms with E-state index in [1.54, 1.807) is 36.4 Å². The molecular weight excluding hydrogens is 421 g/mol. The SMILES string of the molecule is O=C(Nc1ccc(Nc2cccc3nc(C(F)(F)F)cn23)cc1)c1cc2n(n1)CCCC2. The van der Waals surface area contributed by atoms with E-state index in [-0.39, 0.29) is 11.6 Å². The summed E-state index contributed by atoms with van der Waals surface area (Å²) in [7, 11) is 0. The van der Waals surface area contributed by atoms with Crippen LogP contribution in [0.25, 0.3) is 5.65 Å². The smallest absolute Gasteiger partial charge is 0.341 e. The number of nitrogens with one attached hydrogen (secondary N) is 2. The fraction of sp³-hybridized carbons (Fsp3) is 0.227. The number of imidazole rings is 1. The zero-order valence-electron chi connectivity index (χ0n) is 16.9. The van der Waals surface area contributed by atoms with Crippen molar-refractivity contribution in [1.82, 2.24) is 19.2 Å². The molecule has 0 aliphatic carbocycles. The molecular formula is C22H19F3N6O. The second-order valence-electron chi connectivity index (χ2n) is 7.62. The van der Waals surface area contributed by atoms with Crippen LogP contribution in [0.15, 0.2) is 54.7 Å². The number of hydrogen-bond donors (Lipinski definition) is 2. The monoisotopic (exact) mass is 440 g/mol. The minimum atomic E-state index is -4.52. The van der Waals surface area contributed by atoms with Crippen molar-refractivity contribution in [2.45, 2.75) is 32.0 Å². The first-order chi connectivity index (χ1) is 15.4. The Labute approximate surface area is 180 Å². The molecule has 4 aromatic rings. The number of hydrogen-bond acceptors (Lipinski definition) is 4.